The molecule has 0 bridgehead atoms. The predicted molar refractivity (Wildman–Crippen MR) is 64.0 cm³/mol. The zero-order chi connectivity index (χ0) is 11.4. The van der Waals surface area contributed by atoms with Gasteiger partial charge in [0, 0.05) is 19.1 Å². The first-order valence-electron chi connectivity index (χ1n) is 6.03. The first kappa shape index (κ1) is 12.9. The fourth-order valence-corrected chi connectivity index (χ4v) is 2.41. The lowest BCUT2D eigenvalue weighted by atomic mass is 9.83. The highest BCUT2D eigenvalue weighted by molar-refractivity contribution is 4.83. The van der Waals surface area contributed by atoms with Gasteiger partial charge in [0.1, 0.15) is 0 Å². The van der Waals surface area contributed by atoms with Gasteiger partial charge in [-0.2, -0.15) is 0 Å². The second-order valence-electron chi connectivity index (χ2n) is 5.30. The van der Waals surface area contributed by atoms with Crippen LogP contribution in [0.5, 0.6) is 0 Å². The topological polar surface area (TPSA) is 26.7 Å². The van der Waals surface area contributed by atoms with Crippen LogP contribution in [0.3, 0.4) is 0 Å². The number of likely N-dealkylation sites (N-methyl/N-ethyl adjacent to an activating group) is 2. The molecule has 0 heterocycles. The molecule has 0 spiro atoms. The van der Waals surface area contributed by atoms with E-state index in [1.54, 1.807) is 0 Å². The number of rotatable bonds is 4. The summed E-state index contributed by atoms with van der Waals surface area (Å²) in [5, 5.41) is 9.69. The third kappa shape index (κ3) is 4.09. The van der Waals surface area contributed by atoms with Crippen LogP contribution >= 0.6 is 0 Å². The van der Waals surface area contributed by atoms with Crippen molar-refractivity contribution in [2.45, 2.75) is 38.3 Å². The summed E-state index contributed by atoms with van der Waals surface area (Å²) in [5.74, 6) is 0.723. The van der Waals surface area contributed by atoms with Crippen molar-refractivity contribution in [3.63, 3.8) is 0 Å². The van der Waals surface area contributed by atoms with Gasteiger partial charge in [-0.3, -0.25) is 0 Å². The Morgan fingerprint density at radius 2 is 1.80 bits per heavy atom. The summed E-state index contributed by atoms with van der Waals surface area (Å²) in [5.41, 5.74) is 0. The zero-order valence-corrected chi connectivity index (χ0v) is 10.6. The normalized spacial score (nSPS) is 32.6. The Labute approximate surface area is 94.1 Å². The average Bonchev–Trinajstić information content (AvgIpc) is 2.18. The van der Waals surface area contributed by atoms with Gasteiger partial charge >= 0.3 is 0 Å². The SMILES string of the molecule is CC1CCC(O)CC1N(C)CCN(C)C. The fourth-order valence-electron chi connectivity index (χ4n) is 2.41. The van der Waals surface area contributed by atoms with Crippen molar-refractivity contribution < 1.29 is 5.11 Å². The van der Waals surface area contributed by atoms with E-state index in [0.717, 1.165) is 38.3 Å². The van der Waals surface area contributed by atoms with Crippen molar-refractivity contribution in [3.05, 3.63) is 0 Å². The molecule has 3 nitrogen and oxygen atoms in total. The van der Waals surface area contributed by atoms with E-state index in [4.69, 9.17) is 0 Å². The maximum atomic E-state index is 9.69. The number of aliphatic hydroxyl groups excluding tert-OH is 1. The van der Waals surface area contributed by atoms with E-state index in [9.17, 15) is 5.11 Å². The summed E-state index contributed by atoms with van der Waals surface area (Å²) < 4.78 is 0. The van der Waals surface area contributed by atoms with Crippen molar-refractivity contribution in [3.8, 4) is 0 Å². The molecule has 0 saturated heterocycles. The van der Waals surface area contributed by atoms with Gasteiger partial charge in [-0.25, -0.2) is 0 Å². The summed E-state index contributed by atoms with van der Waals surface area (Å²) in [6.45, 7) is 4.49. The number of aliphatic hydroxyl groups is 1. The second-order valence-corrected chi connectivity index (χ2v) is 5.30. The number of nitrogens with zero attached hydrogens (tertiary/aromatic N) is 2. The van der Waals surface area contributed by atoms with Crippen molar-refractivity contribution >= 4 is 0 Å². The maximum Gasteiger partial charge on any atom is 0.0555 e. The van der Waals surface area contributed by atoms with Crippen molar-refractivity contribution in [2.24, 2.45) is 5.92 Å². The molecule has 1 rings (SSSR count). The minimum Gasteiger partial charge on any atom is -0.393 e. The smallest absolute Gasteiger partial charge is 0.0555 e. The molecule has 1 aliphatic carbocycles. The highest BCUT2D eigenvalue weighted by Gasteiger charge is 2.29. The van der Waals surface area contributed by atoms with E-state index < -0.39 is 0 Å². The van der Waals surface area contributed by atoms with Crippen LogP contribution in [0.1, 0.15) is 26.2 Å². The molecule has 0 aromatic heterocycles. The molecule has 1 aliphatic rings. The summed E-state index contributed by atoms with van der Waals surface area (Å²) in [6, 6.07) is 0.564. The molecule has 0 amide bonds. The molecule has 90 valence electrons. The van der Waals surface area contributed by atoms with Gasteiger partial charge in [-0.1, -0.05) is 6.92 Å². The lowest BCUT2D eigenvalue weighted by molar-refractivity contribution is 0.0413. The molecule has 1 saturated carbocycles. The van der Waals surface area contributed by atoms with E-state index in [1.165, 1.54) is 0 Å². The minimum atomic E-state index is -0.0759. The Balaban J connectivity index is 2.38. The van der Waals surface area contributed by atoms with Gasteiger partial charge < -0.3 is 14.9 Å². The molecular formula is C12H26N2O. The minimum absolute atomic E-state index is 0.0759. The van der Waals surface area contributed by atoms with E-state index in [0.29, 0.717) is 6.04 Å². The largest absolute Gasteiger partial charge is 0.393 e. The lowest BCUT2D eigenvalue weighted by Gasteiger charge is -2.38. The van der Waals surface area contributed by atoms with Crippen LogP contribution in [0.4, 0.5) is 0 Å². The van der Waals surface area contributed by atoms with Gasteiger partial charge in [0.25, 0.3) is 0 Å². The summed E-state index contributed by atoms with van der Waals surface area (Å²) >= 11 is 0. The summed E-state index contributed by atoms with van der Waals surface area (Å²) in [6.07, 6.45) is 3.02. The van der Waals surface area contributed by atoms with E-state index in [1.807, 2.05) is 0 Å². The molecule has 1 N–H and O–H groups in total. The number of hydrogen-bond donors (Lipinski definition) is 1. The standard InChI is InChI=1S/C12H26N2O/c1-10-5-6-11(15)9-12(10)14(4)8-7-13(2)3/h10-12,15H,5-9H2,1-4H3. The van der Waals surface area contributed by atoms with Gasteiger partial charge in [0.05, 0.1) is 6.10 Å². The van der Waals surface area contributed by atoms with Crippen LogP contribution in [-0.2, 0) is 0 Å². The molecule has 0 aromatic rings. The van der Waals surface area contributed by atoms with Gasteiger partial charge in [0.2, 0.25) is 0 Å². The Kier molecular flexibility index (Phi) is 5.03. The van der Waals surface area contributed by atoms with Gasteiger partial charge in [-0.15, -0.1) is 0 Å². The first-order valence-corrected chi connectivity index (χ1v) is 6.03. The van der Waals surface area contributed by atoms with Crippen LogP contribution in [0.2, 0.25) is 0 Å². The summed E-state index contributed by atoms with van der Waals surface area (Å²) in [4.78, 5) is 4.62. The molecule has 3 unspecified atom stereocenters. The number of hydrogen-bond acceptors (Lipinski definition) is 3. The molecule has 1 fully saturated rings. The molecule has 0 aliphatic heterocycles. The molecule has 0 aromatic carbocycles. The molecular weight excluding hydrogens is 188 g/mol. The average molecular weight is 214 g/mol. The summed E-state index contributed by atoms with van der Waals surface area (Å²) in [7, 11) is 6.39. The van der Waals surface area contributed by atoms with Crippen LogP contribution in [0, 0.1) is 5.92 Å². The van der Waals surface area contributed by atoms with E-state index >= 15 is 0 Å². The van der Waals surface area contributed by atoms with Gasteiger partial charge in [-0.05, 0) is 46.3 Å². The van der Waals surface area contributed by atoms with E-state index in [-0.39, 0.29) is 6.10 Å². The monoisotopic (exact) mass is 214 g/mol. The van der Waals surface area contributed by atoms with Gasteiger partial charge in [0.15, 0.2) is 0 Å². The quantitative estimate of drug-likeness (QED) is 0.757. The van der Waals surface area contributed by atoms with Crippen LogP contribution in [0.15, 0.2) is 0 Å². The van der Waals surface area contributed by atoms with Crippen molar-refractivity contribution in [1.82, 2.24) is 9.80 Å². The molecule has 3 heteroatoms. The first-order chi connectivity index (χ1) is 7.00. The Bertz CT molecular complexity index is 184. The van der Waals surface area contributed by atoms with Crippen molar-refractivity contribution in [2.75, 3.05) is 34.2 Å². The third-order valence-corrected chi connectivity index (χ3v) is 3.59. The maximum absolute atomic E-state index is 9.69. The third-order valence-electron chi connectivity index (χ3n) is 3.59. The Hall–Kier alpha value is -0.120. The highest BCUT2D eigenvalue weighted by Crippen LogP contribution is 2.27. The molecule has 3 atom stereocenters. The van der Waals surface area contributed by atoms with E-state index in [2.05, 4.69) is 37.9 Å². The van der Waals surface area contributed by atoms with Crippen molar-refractivity contribution in [1.29, 1.82) is 0 Å². The predicted octanol–water partition coefficient (Wildman–Crippen LogP) is 1.03. The van der Waals surface area contributed by atoms with Crippen LogP contribution in [0.25, 0.3) is 0 Å². The zero-order valence-electron chi connectivity index (χ0n) is 10.6. The molecule has 15 heavy (non-hydrogen) atoms. The van der Waals surface area contributed by atoms with Crippen LogP contribution in [-0.4, -0.2) is 61.3 Å². The Morgan fingerprint density at radius 3 is 2.40 bits per heavy atom. The highest BCUT2D eigenvalue weighted by atomic mass is 16.3. The Morgan fingerprint density at radius 1 is 1.13 bits per heavy atom. The lowest BCUT2D eigenvalue weighted by Crippen LogP contribution is -2.45. The second kappa shape index (κ2) is 5.83. The van der Waals surface area contributed by atoms with Crippen LogP contribution < -0.4 is 0 Å². The molecule has 0 radical (unpaired) electrons. The fraction of sp³-hybridized carbons (Fsp3) is 1.00.